The summed E-state index contributed by atoms with van der Waals surface area (Å²) in [7, 11) is 1.59. The Morgan fingerprint density at radius 2 is 2.00 bits per heavy atom. The fraction of sp³-hybridized carbons (Fsp3) is 0.263. The number of aromatic nitrogens is 1. The Labute approximate surface area is 162 Å². The number of nitrogens with zero attached hydrogens (tertiary/aromatic N) is 2. The molecular formula is C19H16F3N3O2S. The van der Waals surface area contributed by atoms with Gasteiger partial charge in [-0.05, 0) is 30.3 Å². The summed E-state index contributed by atoms with van der Waals surface area (Å²) in [5, 5.41) is 3.36. The third-order valence-corrected chi connectivity index (χ3v) is 5.65. The maximum absolute atomic E-state index is 12.8. The smallest absolute Gasteiger partial charge is 0.416 e. The number of amides is 1. The number of benzene rings is 2. The third kappa shape index (κ3) is 3.49. The van der Waals surface area contributed by atoms with E-state index >= 15 is 0 Å². The summed E-state index contributed by atoms with van der Waals surface area (Å²) < 4.78 is 44.7. The first kappa shape index (κ1) is 18.5. The Morgan fingerprint density at radius 1 is 1.25 bits per heavy atom. The lowest BCUT2D eigenvalue weighted by atomic mass is 10.00. The molecule has 0 aliphatic carbocycles. The summed E-state index contributed by atoms with van der Waals surface area (Å²) in [5.74, 6) is 0.0945. The van der Waals surface area contributed by atoms with Gasteiger partial charge in [-0.25, -0.2) is 4.98 Å². The predicted octanol–water partition coefficient (Wildman–Crippen LogP) is 4.40. The zero-order valence-corrected chi connectivity index (χ0v) is 15.6. The van der Waals surface area contributed by atoms with Gasteiger partial charge in [-0.3, -0.25) is 4.79 Å². The van der Waals surface area contributed by atoms with Crippen molar-refractivity contribution in [1.29, 1.82) is 0 Å². The number of hydrogen-bond donors (Lipinski definition) is 1. The summed E-state index contributed by atoms with van der Waals surface area (Å²) in [6.07, 6.45) is -4.44. The number of ether oxygens (including phenoxy) is 1. The largest absolute Gasteiger partial charge is 0.494 e. The lowest BCUT2D eigenvalue weighted by Gasteiger charge is -2.37. The van der Waals surface area contributed by atoms with Crippen molar-refractivity contribution in [2.75, 3.05) is 30.4 Å². The summed E-state index contributed by atoms with van der Waals surface area (Å²) >= 11 is 1.51. The molecule has 0 unspecified atom stereocenters. The van der Waals surface area contributed by atoms with Crippen molar-refractivity contribution < 1.29 is 22.7 Å². The van der Waals surface area contributed by atoms with E-state index in [4.69, 9.17) is 4.74 Å². The predicted molar refractivity (Wildman–Crippen MR) is 102 cm³/mol. The second kappa shape index (κ2) is 6.97. The van der Waals surface area contributed by atoms with E-state index in [-0.39, 0.29) is 17.5 Å². The monoisotopic (exact) mass is 407 g/mol. The van der Waals surface area contributed by atoms with Crippen LogP contribution in [0.5, 0.6) is 5.75 Å². The summed E-state index contributed by atoms with van der Waals surface area (Å²) in [5.41, 5.74) is 0.133. The Morgan fingerprint density at radius 3 is 2.71 bits per heavy atom. The average Bonchev–Trinajstić information content (AvgIpc) is 3.03. The van der Waals surface area contributed by atoms with Crippen LogP contribution in [0, 0.1) is 5.92 Å². The molecule has 0 spiro atoms. The van der Waals surface area contributed by atoms with Gasteiger partial charge in [0.25, 0.3) is 0 Å². The van der Waals surface area contributed by atoms with E-state index in [2.05, 4.69) is 10.3 Å². The highest BCUT2D eigenvalue weighted by atomic mass is 32.1. The van der Waals surface area contributed by atoms with Gasteiger partial charge in [0, 0.05) is 18.8 Å². The fourth-order valence-corrected chi connectivity index (χ4v) is 4.03. The summed E-state index contributed by atoms with van der Waals surface area (Å²) in [6.45, 7) is 0.930. The fourth-order valence-electron chi connectivity index (χ4n) is 3.03. The zero-order valence-electron chi connectivity index (χ0n) is 14.8. The molecule has 1 amide bonds. The van der Waals surface area contributed by atoms with Gasteiger partial charge in [0.15, 0.2) is 5.13 Å². The number of methoxy groups -OCH3 is 1. The molecular weight excluding hydrogens is 391 g/mol. The van der Waals surface area contributed by atoms with E-state index in [1.807, 2.05) is 23.1 Å². The molecule has 1 saturated heterocycles. The van der Waals surface area contributed by atoms with E-state index in [0.717, 1.165) is 27.5 Å². The van der Waals surface area contributed by atoms with Gasteiger partial charge in [0.1, 0.15) is 11.3 Å². The van der Waals surface area contributed by atoms with Crippen molar-refractivity contribution in [3.05, 3.63) is 48.0 Å². The van der Waals surface area contributed by atoms with E-state index < -0.39 is 11.7 Å². The number of anilines is 2. The molecule has 1 aliphatic rings. The molecule has 0 radical (unpaired) electrons. The second-order valence-electron chi connectivity index (χ2n) is 6.47. The Kier molecular flexibility index (Phi) is 4.62. The number of para-hydroxylation sites is 1. The van der Waals surface area contributed by atoms with E-state index in [9.17, 15) is 18.0 Å². The van der Waals surface area contributed by atoms with Crippen LogP contribution in [0.15, 0.2) is 42.5 Å². The normalized spacial score (nSPS) is 14.8. The standard InChI is InChI=1S/C19H16F3N3O2S/c1-27-14-6-3-7-15-16(14)24-18(28-15)25-9-11(10-25)17(26)23-13-5-2-4-12(8-13)19(20,21)22/h2-8,11H,9-10H2,1H3,(H,23,26). The van der Waals surface area contributed by atoms with Crippen molar-refractivity contribution in [3.8, 4) is 5.75 Å². The van der Waals surface area contributed by atoms with Crippen LogP contribution >= 0.6 is 11.3 Å². The zero-order chi connectivity index (χ0) is 19.9. The van der Waals surface area contributed by atoms with Crippen LogP contribution in [0.4, 0.5) is 24.0 Å². The SMILES string of the molecule is COc1cccc2sc(N3CC(C(=O)Nc4cccc(C(F)(F)F)c4)C3)nc12. The van der Waals surface area contributed by atoms with Crippen LogP contribution in [-0.4, -0.2) is 31.1 Å². The minimum absolute atomic E-state index is 0.142. The van der Waals surface area contributed by atoms with Crippen molar-refractivity contribution in [2.24, 2.45) is 5.92 Å². The van der Waals surface area contributed by atoms with Crippen LogP contribution in [-0.2, 0) is 11.0 Å². The van der Waals surface area contributed by atoms with Gasteiger partial charge in [-0.1, -0.05) is 23.5 Å². The molecule has 0 bridgehead atoms. The Hall–Kier alpha value is -2.81. The number of fused-ring (bicyclic) bond motifs is 1. The van der Waals surface area contributed by atoms with Gasteiger partial charge in [-0.2, -0.15) is 13.2 Å². The number of halogens is 3. The number of alkyl halides is 3. The lowest BCUT2D eigenvalue weighted by Crippen LogP contribution is -2.52. The highest BCUT2D eigenvalue weighted by Crippen LogP contribution is 2.37. The van der Waals surface area contributed by atoms with E-state index in [1.165, 1.54) is 23.5 Å². The van der Waals surface area contributed by atoms with Crippen LogP contribution in [0.3, 0.4) is 0 Å². The molecule has 146 valence electrons. The molecule has 9 heteroatoms. The Balaban J connectivity index is 1.41. The molecule has 1 fully saturated rings. The lowest BCUT2D eigenvalue weighted by molar-refractivity contribution is -0.137. The number of hydrogen-bond acceptors (Lipinski definition) is 5. The van der Waals surface area contributed by atoms with E-state index in [0.29, 0.717) is 18.8 Å². The van der Waals surface area contributed by atoms with Gasteiger partial charge < -0.3 is 15.0 Å². The highest BCUT2D eigenvalue weighted by Gasteiger charge is 2.35. The Bertz CT molecular complexity index is 1030. The van der Waals surface area contributed by atoms with Crippen molar-refractivity contribution in [3.63, 3.8) is 0 Å². The number of nitrogens with one attached hydrogen (secondary N) is 1. The molecule has 0 atom stereocenters. The molecule has 2 aromatic carbocycles. The highest BCUT2D eigenvalue weighted by molar-refractivity contribution is 7.22. The number of carbonyl (C=O) groups is 1. The van der Waals surface area contributed by atoms with Crippen LogP contribution in [0.1, 0.15) is 5.56 Å². The molecule has 1 aromatic heterocycles. The first-order valence-electron chi connectivity index (χ1n) is 8.52. The van der Waals surface area contributed by atoms with Gasteiger partial charge >= 0.3 is 6.18 Å². The summed E-state index contributed by atoms with van der Waals surface area (Å²) in [4.78, 5) is 18.9. The van der Waals surface area contributed by atoms with Crippen molar-refractivity contribution in [1.82, 2.24) is 4.98 Å². The molecule has 2 heterocycles. The minimum atomic E-state index is -4.44. The number of thiazole rings is 1. The quantitative estimate of drug-likeness (QED) is 0.697. The molecule has 5 nitrogen and oxygen atoms in total. The molecule has 28 heavy (non-hydrogen) atoms. The first-order valence-corrected chi connectivity index (χ1v) is 9.33. The van der Waals surface area contributed by atoms with E-state index in [1.54, 1.807) is 7.11 Å². The minimum Gasteiger partial charge on any atom is -0.494 e. The van der Waals surface area contributed by atoms with Crippen LogP contribution in [0.25, 0.3) is 10.2 Å². The van der Waals surface area contributed by atoms with Gasteiger partial charge in [-0.15, -0.1) is 0 Å². The van der Waals surface area contributed by atoms with Gasteiger partial charge in [0.05, 0.1) is 23.3 Å². The molecule has 4 rings (SSSR count). The number of carbonyl (C=O) groups excluding carboxylic acids is 1. The number of rotatable bonds is 4. The van der Waals surface area contributed by atoms with Crippen molar-refractivity contribution >= 4 is 38.3 Å². The molecule has 0 saturated carbocycles. The van der Waals surface area contributed by atoms with Crippen LogP contribution in [0.2, 0.25) is 0 Å². The third-order valence-electron chi connectivity index (χ3n) is 4.57. The van der Waals surface area contributed by atoms with Crippen LogP contribution < -0.4 is 15.0 Å². The van der Waals surface area contributed by atoms with Crippen molar-refractivity contribution in [2.45, 2.75) is 6.18 Å². The molecule has 3 aromatic rings. The molecule has 1 aliphatic heterocycles. The maximum Gasteiger partial charge on any atom is 0.416 e. The molecule has 1 N–H and O–H groups in total. The topological polar surface area (TPSA) is 54.5 Å². The summed E-state index contributed by atoms with van der Waals surface area (Å²) in [6, 6.07) is 10.3. The maximum atomic E-state index is 12.8. The second-order valence-corrected chi connectivity index (χ2v) is 7.48. The van der Waals surface area contributed by atoms with Gasteiger partial charge in [0.2, 0.25) is 5.91 Å². The average molecular weight is 407 g/mol. The first-order chi connectivity index (χ1) is 13.3.